The van der Waals surface area contributed by atoms with Crippen LogP contribution in [-0.2, 0) is 10.0 Å². The first-order valence-electron chi connectivity index (χ1n) is 10.5. The second-order valence-electron chi connectivity index (χ2n) is 7.97. The third-order valence-electron chi connectivity index (χ3n) is 5.17. The fourth-order valence-corrected chi connectivity index (χ4v) is 5.36. The molecule has 9 nitrogen and oxygen atoms in total. The van der Waals surface area contributed by atoms with Crippen molar-refractivity contribution < 1.29 is 8.42 Å². The molecule has 0 saturated carbocycles. The maximum Gasteiger partial charge on any atom is 0.267 e. The zero-order valence-electron chi connectivity index (χ0n) is 18.7. The number of hydrogen-bond acceptors (Lipinski definition) is 7. The van der Waals surface area contributed by atoms with Crippen molar-refractivity contribution in [1.29, 1.82) is 0 Å². The molecule has 176 valence electrons. The number of fused-ring (bicyclic) bond motifs is 1. The van der Waals surface area contributed by atoms with Crippen molar-refractivity contribution in [1.82, 2.24) is 19.9 Å². The second kappa shape index (κ2) is 9.40. The molecule has 0 radical (unpaired) electrons. The van der Waals surface area contributed by atoms with E-state index in [0.717, 1.165) is 5.39 Å². The molecule has 0 aliphatic heterocycles. The number of aromatic amines is 1. The third-order valence-corrected chi connectivity index (χ3v) is 7.37. The van der Waals surface area contributed by atoms with Crippen LogP contribution >= 0.6 is 11.6 Å². The van der Waals surface area contributed by atoms with Gasteiger partial charge in [-0.3, -0.25) is 9.78 Å². The summed E-state index contributed by atoms with van der Waals surface area (Å²) < 4.78 is 27.8. The maximum absolute atomic E-state index is 13.3. The average molecular weight is 499 g/mol. The van der Waals surface area contributed by atoms with Gasteiger partial charge in [-0.25, -0.2) is 17.7 Å². The van der Waals surface area contributed by atoms with Crippen molar-refractivity contribution in [3.63, 3.8) is 0 Å². The van der Waals surface area contributed by atoms with Gasteiger partial charge < -0.3 is 10.3 Å². The fourth-order valence-electron chi connectivity index (χ4n) is 3.61. The van der Waals surface area contributed by atoms with Crippen molar-refractivity contribution in [2.24, 2.45) is 0 Å². The van der Waals surface area contributed by atoms with Gasteiger partial charge in [0.05, 0.1) is 6.04 Å². The van der Waals surface area contributed by atoms with Crippen molar-refractivity contribution in [2.45, 2.75) is 37.8 Å². The van der Waals surface area contributed by atoms with Gasteiger partial charge in [0.1, 0.15) is 10.7 Å². The van der Waals surface area contributed by atoms with E-state index < -0.39 is 22.1 Å². The number of H-pyrrole nitrogens is 1. The highest BCUT2D eigenvalue weighted by molar-refractivity contribution is 7.92. The third kappa shape index (κ3) is 4.73. The molecule has 0 saturated heterocycles. The number of rotatable bonds is 7. The summed E-state index contributed by atoms with van der Waals surface area (Å²) in [5, 5.41) is 4.45. The molecular weight excluding hydrogens is 476 g/mol. The van der Waals surface area contributed by atoms with Crippen LogP contribution in [0.2, 0.25) is 5.02 Å². The van der Waals surface area contributed by atoms with E-state index in [9.17, 15) is 13.2 Å². The molecule has 3 heterocycles. The van der Waals surface area contributed by atoms with Gasteiger partial charge in [0, 0.05) is 52.2 Å². The van der Waals surface area contributed by atoms with Crippen LogP contribution in [0.4, 0.5) is 11.8 Å². The van der Waals surface area contributed by atoms with Gasteiger partial charge in [-0.15, -0.1) is 0 Å². The maximum atomic E-state index is 13.3. The van der Waals surface area contributed by atoms with Gasteiger partial charge in [-0.1, -0.05) is 11.6 Å². The highest BCUT2D eigenvalue weighted by Crippen LogP contribution is 2.26. The lowest BCUT2D eigenvalue weighted by Crippen LogP contribution is -2.37. The second-order valence-corrected chi connectivity index (χ2v) is 10.2. The summed E-state index contributed by atoms with van der Waals surface area (Å²) in [4.78, 5) is 28.1. The first kappa shape index (κ1) is 23.7. The molecule has 0 aliphatic rings. The summed E-state index contributed by atoms with van der Waals surface area (Å²) in [5.41, 5.74) is 0.887. The minimum Gasteiger partial charge on any atom is -0.347 e. The Morgan fingerprint density at radius 2 is 1.88 bits per heavy atom. The number of nitrogens with zero attached hydrogens (tertiary/aromatic N) is 4. The number of pyridine rings is 2. The van der Waals surface area contributed by atoms with E-state index in [0.29, 0.717) is 16.1 Å². The van der Waals surface area contributed by atoms with Crippen LogP contribution in [0.5, 0.6) is 0 Å². The van der Waals surface area contributed by atoms with Gasteiger partial charge in [-0.2, -0.15) is 4.98 Å². The zero-order chi connectivity index (χ0) is 24.5. The molecule has 0 spiro atoms. The van der Waals surface area contributed by atoms with E-state index in [2.05, 4.69) is 25.3 Å². The van der Waals surface area contributed by atoms with Crippen molar-refractivity contribution in [2.75, 3.05) is 9.62 Å². The Balaban J connectivity index is 1.66. The summed E-state index contributed by atoms with van der Waals surface area (Å²) >= 11 is 6.09. The molecule has 0 unspecified atom stereocenters. The highest BCUT2D eigenvalue weighted by Gasteiger charge is 2.29. The molecule has 0 aliphatic carbocycles. The van der Waals surface area contributed by atoms with E-state index in [4.69, 9.17) is 11.6 Å². The molecule has 4 rings (SSSR count). The Morgan fingerprint density at radius 1 is 1.09 bits per heavy atom. The Bertz CT molecular complexity index is 1490. The number of benzene rings is 1. The monoisotopic (exact) mass is 498 g/mol. The number of hydrogen-bond donors (Lipinski definition) is 2. The topological polar surface area (TPSA) is 121 Å². The zero-order valence-corrected chi connectivity index (χ0v) is 20.3. The summed E-state index contributed by atoms with van der Waals surface area (Å²) in [7, 11) is -3.90. The van der Waals surface area contributed by atoms with Crippen LogP contribution in [-0.4, -0.2) is 34.4 Å². The number of sulfonamides is 1. The van der Waals surface area contributed by atoms with E-state index >= 15 is 0 Å². The van der Waals surface area contributed by atoms with Gasteiger partial charge in [0.25, 0.3) is 15.6 Å². The molecule has 11 heteroatoms. The highest BCUT2D eigenvalue weighted by atomic mass is 35.5. The van der Waals surface area contributed by atoms with Gasteiger partial charge in [0.2, 0.25) is 5.95 Å². The lowest BCUT2D eigenvalue weighted by atomic mass is 10.1. The molecule has 34 heavy (non-hydrogen) atoms. The van der Waals surface area contributed by atoms with Crippen LogP contribution in [0, 0.1) is 0 Å². The summed E-state index contributed by atoms with van der Waals surface area (Å²) in [6, 6.07) is 10.7. The normalized spacial score (nSPS) is 12.6. The first-order valence-corrected chi connectivity index (χ1v) is 12.3. The largest absolute Gasteiger partial charge is 0.347 e. The Kier molecular flexibility index (Phi) is 6.54. The number of anilines is 2. The molecule has 4 aromatic rings. The van der Waals surface area contributed by atoms with Gasteiger partial charge in [0.15, 0.2) is 0 Å². The van der Waals surface area contributed by atoms with E-state index in [1.54, 1.807) is 51.1 Å². The van der Waals surface area contributed by atoms with E-state index in [1.807, 2.05) is 0 Å². The van der Waals surface area contributed by atoms with Gasteiger partial charge >= 0.3 is 0 Å². The van der Waals surface area contributed by atoms with Crippen LogP contribution < -0.4 is 15.2 Å². The smallest absolute Gasteiger partial charge is 0.267 e. The predicted octanol–water partition coefficient (Wildman–Crippen LogP) is 4.14. The summed E-state index contributed by atoms with van der Waals surface area (Å²) in [6.07, 6.45) is 4.27. The standard InChI is InChI=1S/C23H23ClN6O3S/c1-14(2)30(34(32,33)18-5-4-9-25-13-18)21-8-10-26-23(29-21)27-15(3)19-12-16-11-17(24)6-7-20(16)28-22(19)31/h4-15H,1-3H3,(H,28,31)(H,26,27,29)/t15-/m0/s1. The SMILES string of the molecule is CC(C)N(c1ccnc(N[C@@H](C)c2cc3cc(Cl)ccc3[nH]c2=O)n1)S(=O)(=O)c1cccnc1. The number of nitrogens with one attached hydrogen (secondary N) is 2. The minimum atomic E-state index is -3.90. The Morgan fingerprint density at radius 3 is 2.59 bits per heavy atom. The van der Waals surface area contributed by atoms with E-state index in [-0.39, 0.29) is 22.2 Å². The lowest BCUT2D eigenvalue weighted by Gasteiger charge is -2.27. The molecule has 3 aromatic heterocycles. The lowest BCUT2D eigenvalue weighted by molar-refractivity contribution is 0.583. The molecule has 0 amide bonds. The Hall–Kier alpha value is -3.50. The predicted molar refractivity (Wildman–Crippen MR) is 133 cm³/mol. The van der Waals surface area contributed by atoms with Crippen molar-refractivity contribution >= 4 is 44.3 Å². The summed E-state index contributed by atoms with van der Waals surface area (Å²) in [5.74, 6) is 0.380. The average Bonchev–Trinajstić information content (AvgIpc) is 2.79. The minimum absolute atomic E-state index is 0.0616. The van der Waals surface area contributed by atoms with Gasteiger partial charge in [-0.05, 0) is 57.2 Å². The molecule has 2 N–H and O–H groups in total. The van der Waals surface area contributed by atoms with Crippen LogP contribution in [0.1, 0.15) is 32.4 Å². The first-order chi connectivity index (χ1) is 16.2. The van der Waals surface area contributed by atoms with Crippen LogP contribution in [0.25, 0.3) is 10.9 Å². The van der Waals surface area contributed by atoms with Crippen molar-refractivity contribution in [3.8, 4) is 0 Å². The van der Waals surface area contributed by atoms with E-state index in [1.165, 1.54) is 35.0 Å². The molecule has 0 bridgehead atoms. The number of aromatic nitrogens is 4. The Labute approximate surface area is 201 Å². The molecule has 1 atom stereocenters. The van der Waals surface area contributed by atoms with Crippen LogP contribution in [0.3, 0.4) is 0 Å². The molecule has 1 aromatic carbocycles. The number of halogens is 1. The molecule has 0 fully saturated rings. The summed E-state index contributed by atoms with van der Waals surface area (Å²) in [6.45, 7) is 5.31. The van der Waals surface area contributed by atoms with Crippen LogP contribution in [0.15, 0.2) is 70.7 Å². The van der Waals surface area contributed by atoms with Crippen molar-refractivity contribution in [3.05, 3.63) is 82.0 Å². The fraction of sp³-hybridized carbons (Fsp3) is 0.217. The molecular formula is C23H23ClN6O3S. The quantitative estimate of drug-likeness (QED) is 0.392.